The molecule has 1 heterocycles. The summed E-state index contributed by atoms with van der Waals surface area (Å²) in [5, 5.41) is 0. The molecule has 15 heavy (non-hydrogen) atoms. The zero-order chi connectivity index (χ0) is 10.9. The summed E-state index contributed by atoms with van der Waals surface area (Å²) in [5.41, 5.74) is 8.83. The highest BCUT2D eigenvalue weighted by atomic mass is 15.1. The second-order valence-electron chi connectivity index (χ2n) is 5.10. The van der Waals surface area contributed by atoms with Gasteiger partial charge in [-0.25, -0.2) is 0 Å². The number of rotatable bonds is 3. The number of hydrogen-bond acceptors (Lipinski definition) is 2. The zero-order valence-corrected chi connectivity index (χ0v) is 9.66. The molecular weight excluding hydrogens is 184 g/mol. The third-order valence-electron chi connectivity index (χ3n) is 3.01. The van der Waals surface area contributed by atoms with E-state index in [1.165, 1.54) is 17.7 Å². The van der Waals surface area contributed by atoms with Crippen LogP contribution in [-0.2, 0) is 6.42 Å². The number of para-hydroxylation sites is 1. The van der Waals surface area contributed by atoms with E-state index in [1.54, 1.807) is 0 Å². The van der Waals surface area contributed by atoms with Gasteiger partial charge in [0.25, 0.3) is 0 Å². The highest BCUT2D eigenvalue weighted by molar-refractivity contribution is 5.57. The van der Waals surface area contributed by atoms with Gasteiger partial charge in [-0.15, -0.1) is 0 Å². The first-order chi connectivity index (χ1) is 7.06. The molecule has 2 rings (SSSR count). The molecule has 0 amide bonds. The molecule has 0 bridgehead atoms. The van der Waals surface area contributed by atoms with Crippen LogP contribution in [0.25, 0.3) is 0 Å². The Morgan fingerprint density at radius 2 is 2.07 bits per heavy atom. The van der Waals surface area contributed by atoms with Gasteiger partial charge in [0.05, 0.1) is 0 Å². The lowest BCUT2D eigenvalue weighted by Crippen LogP contribution is -2.37. The predicted octanol–water partition coefficient (Wildman–Crippen LogP) is 2.18. The highest BCUT2D eigenvalue weighted by Crippen LogP contribution is 2.27. The van der Waals surface area contributed by atoms with E-state index in [1.807, 2.05) is 0 Å². The van der Waals surface area contributed by atoms with Gasteiger partial charge in [0.1, 0.15) is 0 Å². The van der Waals surface area contributed by atoms with Crippen molar-refractivity contribution in [2.75, 3.05) is 18.0 Å². The van der Waals surface area contributed by atoms with Gasteiger partial charge in [-0.3, -0.25) is 0 Å². The van der Waals surface area contributed by atoms with Crippen molar-refractivity contribution in [3.63, 3.8) is 0 Å². The Bertz CT molecular complexity index is 339. The SMILES string of the molecule is CC(C)(N)CCN1CCc2ccccc21. The van der Waals surface area contributed by atoms with Gasteiger partial charge in [0.2, 0.25) is 0 Å². The van der Waals surface area contributed by atoms with Crippen molar-refractivity contribution in [1.82, 2.24) is 0 Å². The summed E-state index contributed by atoms with van der Waals surface area (Å²) in [6.07, 6.45) is 2.22. The molecule has 82 valence electrons. The fourth-order valence-corrected chi connectivity index (χ4v) is 2.06. The summed E-state index contributed by atoms with van der Waals surface area (Å²) in [6, 6.07) is 8.68. The van der Waals surface area contributed by atoms with Crippen molar-refractivity contribution >= 4 is 5.69 Å². The summed E-state index contributed by atoms with van der Waals surface area (Å²) < 4.78 is 0. The number of benzene rings is 1. The number of fused-ring (bicyclic) bond motifs is 1. The summed E-state index contributed by atoms with van der Waals surface area (Å²) in [5.74, 6) is 0. The maximum atomic E-state index is 6.01. The molecule has 2 N–H and O–H groups in total. The Morgan fingerprint density at radius 3 is 2.80 bits per heavy atom. The summed E-state index contributed by atoms with van der Waals surface area (Å²) >= 11 is 0. The monoisotopic (exact) mass is 204 g/mol. The third kappa shape index (κ3) is 2.51. The molecule has 0 atom stereocenters. The maximum Gasteiger partial charge on any atom is 0.0399 e. The Hall–Kier alpha value is -1.02. The van der Waals surface area contributed by atoms with Crippen molar-refractivity contribution in [2.45, 2.75) is 32.2 Å². The van der Waals surface area contributed by atoms with Crippen LogP contribution in [0.3, 0.4) is 0 Å². The fraction of sp³-hybridized carbons (Fsp3) is 0.538. The second kappa shape index (κ2) is 3.86. The third-order valence-corrected chi connectivity index (χ3v) is 3.01. The van der Waals surface area contributed by atoms with E-state index in [4.69, 9.17) is 5.73 Å². The van der Waals surface area contributed by atoms with Gasteiger partial charge in [-0.2, -0.15) is 0 Å². The van der Waals surface area contributed by atoms with E-state index in [0.717, 1.165) is 19.5 Å². The molecule has 0 radical (unpaired) electrons. The average Bonchev–Trinajstić information content (AvgIpc) is 2.57. The molecule has 1 aromatic rings. The molecule has 0 aliphatic carbocycles. The van der Waals surface area contributed by atoms with Crippen LogP contribution in [0.1, 0.15) is 25.8 Å². The van der Waals surface area contributed by atoms with E-state index >= 15 is 0 Å². The molecule has 0 saturated heterocycles. The van der Waals surface area contributed by atoms with Crippen LogP contribution < -0.4 is 10.6 Å². The van der Waals surface area contributed by atoms with Crippen LogP contribution in [0.15, 0.2) is 24.3 Å². The molecule has 2 nitrogen and oxygen atoms in total. The van der Waals surface area contributed by atoms with Gasteiger partial charge < -0.3 is 10.6 Å². The van der Waals surface area contributed by atoms with E-state index in [2.05, 4.69) is 43.0 Å². The van der Waals surface area contributed by atoms with Crippen LogP contribution in [0.2, 0.25) is 0 Å². The minimum Gasteiger partial charge on any atom is -0.371 e. The fourth-order valence-electron chi connectivity index (χ4n) is 2.06. The van der Waals surface area contributed by atoms with Crippen LogP contribution in [-0.4, -0.2) is 18.6 Å². The molecule has 1 aliphatic rings. The molecule has 0 fully saturated rings. The average molecular weight is 204 g/mol. The van der Waals surface area contributed by atoms with Gasteiger partial charge in [0, 0.05) is 24.3 Å². The van der Waals surface area contributed by atoms with Gasteiger partial charge in [-0.1, -0.05) is 18.2 Å². The highest BCUT2D eigenvalue weighted by Gasteiger charge is 2.20. The number of anilines is 1. The van der Waals surface area contributed by atoms with Gasteiger partial charge in [0.15, 0.2) is 0 Å². The largest absolute Gasteiger partial charge is 0.371 e. The zero-order valence-electron chi connectivity index (χ0n) is 9.66. The molecule has 0 aromatic heterocycles. The smallest absolute Gasteiger partial charge is 0.0399 e. The first kappa shape index (κ1) is 10.5. The quantitative estimate of drug-likeness (QED) is 0.817. The lowest BCUT2D eigenvalue weighted by molar-refractivity contribution is 0.476. The van der Waals surface area contributed by atoms with E-state index in [0.29, 0.717) is 0 Å². The van der Waals surface area contributed by atoms with Crippen LogP contribution in [0.5, 0.6) is 0 Å². The predicted molar refractivity (Wildman–Crippen MR) is 65.2 cm³/mol. The summed E-state index contributed by atoms with van der Waals surface area (Å²) in [4.78, 5) is 2.45. The van der Waals surface area contributed by atoms with Crippen molar-refractivity contribution < 1.29 is 0 Å². The first-order valence-corrected chi connectivity index (χ1v) is 5.68. The molecule has 0 spiro atoms. The van der Waals surface area contributed by atoms with E-state index < -0.39 is 0 Å². The molecule has 0 saturated carbocycles. The molecule has 0 unspecified atom stereocenters. The number of nitrogens with two attached hydrogens (primary N) is 1. The topological polar surface area (TPSA) is 29.3 Å². The lowest BCUT2D eigenvalue weighted by atomic mass is 10.0. The number of hydrogen-bond donors (Lipinski definition) is 1. The normalized spacial score (nSPS) is 15.5. The molecule has 2 heteroatoms. The molecular formula is C13H20N2. The minimum absolute atomic E-state index is 0.0580. The number of nitrogens with zero attached hydrogens (tertiary/aromatic N) is 1. The van der Waals surface area contributed by atoms with Gasteiger partial charge in [-0.05, 0) is 38.3 Å². The standard InChI is InChI=1S/C13H20N2/c1-13(2,14)8-10-15-9-7-11-5-3-4-6-12(11)15/h3-6H,7-10,14H2,1-2H3. The first-order valence-electron chi connectivity index (χ1n) is 5.68. The molecule has 1 aliphatic heterocycles. The summed E-state index contributed by atoms with van der Waals surface area (Å²) in [7, 11) is 0. The van der Waals surface area contributed by atoms with Crippen LogP contribution >= 0.6 is 0 Å². The minimum atomic E-state index is -0.0580. The Balaban J connectivity index is 2.02. The summed E-state index contributed by atoms with van der Waals surface area (Å²) in [6.45, 7) is 6.40. The lowest BCUT2D eigenvalue weighted by Gasteiger charge is -2.25. The second-order valence-corrected chi connectivity index (χ2v) is 5.10. The van der Waals surface area contributed by atoms with Crippen LogP contribution in [0.4, 0.5) is 5.69 Å². The maximum absolute atomic E-state index is 6.01. The van der Waals surface area contributed by atoms with E-state index in [-0.39, 0.29) is 5.54 Å². The van der Waals surface area contributed by atoms with E-state index in [9.17, 15) is 0 Å². The van der Waals surface area contributed by atoms with Crippen molar-refractivity contribution in [2.24, 2.45) is 5.73 Å². The van der Waals surface area contributed by atoms with Crippen molar-refractivity contribution in [3.05, 3.63) is 29.8 Å². The van der Waals surface area contributed by atoms with Gasteiger partial charge >= 0.3 is 0 Å². The molecule has 1 aromatic carbocycles. The van der Waals surface area contributed by atoms with Crippen molar-refractivity contribution in [1.29, 1.82) is 0 Å². The Labute approximate surface area is 92.1 Å². The Kier molecular flexibility index (Phi) is 2.70. The Morgan fingerprint density at radius 1 is 1.33 bits per heavy atom. The van der Waals surface area contributed by atoms with Crippen LogP contribution in [0, 0.1) is 0 Å². The van der Waals surface area contributed by atoms with Crippen molar-refractivity contribution in [3.8, 4) is 0 Å².